The van der Waals surface area contributed by atoms with Crippen molar-refractivity contribution in [3.8, 4) is 0 Å². The van der Waals surface area contributed by atoms with Gasteiger partial charge in [0.05, 0.1) is 50.7 Å². The fourth-order valence-electron chi connectivity index (χ4n) is 12.0. The summed E-state index contributed by atoms with van der Waals surface area (Å²) in [6.45, 7) is 2.19. The molecule has 516 valence electrons. The quantitative estimate of drug-likeness (QED) is 0.0264. The van der Waals surface area contributed by atoms with E-state index in [2.05, 4.69) is 36.6 Å². The number of allylic oxidation sites excluding steroid dienone is 2. The third-order valence-corrected chi connectivity index (χ3v) is 17.5. The fraction of sp³-hybridized carbons (Fsp3) is 0.923. The van der Waals surface area contributed by atoms with Gasteiger partial charge in [-0.25, -0.2) is 4.79 Å². The molecule has 23 heteroatoms. The zero-order valence-corrected chi connectivity index (χ0v) is 53.6. The third kappa shape index (κ3) is 29.2. The van der Waals surface area contributed by atoms with Gasteiger partial charge in [0.2, 0.25) is 11.8 Å². The molecule has 0 aliphatic carbocycles. The zero-order valence-electron chi connectivity index (χ0n) is 53.6. The van der Waals surface area contributed by atoms with E-state index < -0.39 is 148 Å². The van der Waals surface area contributed by atoms with Crippen LogP contribution in [0.5, 0.6) is 0 Å². The SMILES string of the molecule is CCCCCCCCCCCCC/C=C\CCCCCCCCCC(=O)NC(COC1OC(CO)C(OC2OC(CO)C(O)C(OC3(C(=O)O)CC(O)C(NC(C)=O)C(C(O)C(O)CO)O3)C2O)C(O)C1O)C(O)CCCCCCCCCCCCCC. The Balaban J connectivity index is 1.58. The Morgan fingerprint density at radius 3 is 1.53 bits per heavy atom. The van der Waals surface area contributed by atoms with Gasteiger partial charge >= 0.3 is 5.97 Å². The van der Waals surface area contributed by atoms with Gasteiger partial charge in [0.25, 0.3) is 5.79 Å². The van der Waals surface area contributed by atoms with Crippen molar-refractivity contribution in [3.63, 3.8) is 0 Å². The van der Waals surface area contributed by atoms with Crippen LogP contribution >= 0.6 is 0 Å². The van der Waals surface area contributed by atoms with Crippen LogP contribution in [-0.4, -0.2) is 215 Å². The Labute approximate surface area is 524 Å². The van der Waals surface area contributed by atoms with Crippen LogP contribution in [0.2, 0.25) is 0 Å². The molecule has 3 fully saturated rings. The first-order valence-corrected chi connectivity index (χ1v) is 34.0. The van der Waals surface area contributed by atoms with Crippen LogP contribution in [0, 0.1) is 0 Å². The number of hydrogen-bond donors (Lipinski definition) is 14. The van der Waals surface area contributed by atoms with Crippen LogP contribution in [0.1, 0.15) is 245 Å². The third-order valence-electron chi connectivity index (χ3n) is 17.5. The summed E-state index contributed by atoms with van der Waals surface area (Å²) >= 11 is 0. The van der Waals surface area contributed by atoms with E-state index in [1.165, 1.54) is 116 Å². The highest BCUT2D eigenvalue weighted by molar-refractivity contribution is 5.77. The maximum atomic E-state index is 13.4. The first-order chi connectivity index (χ1) is 42.4. The van der Waals surface area contributed by atoms with Crippen LogP contribution in [-0.2, 0) is 42.8 Å². The predicted molar refractivity (Wildman–Crippen MR) is 329 cm³/mol. The lowest BCUT2D eigenvalue weighted by Crippen LogP contribution is -2.70. The Morgan fingerprint density at radius 1 is 0.580 bits per heavy atom. The van der Waals surface area contributed by atoms with E-state index in [0.717, 1.165) is 84.0 Å². The summed E-state index contributed by atoms with van der Waals surface area (Å²) in [6, 6.07) is -2.53. The van der Waals surface area contributed by atoms with Crippen LogP contribution in [0.4, 0.5) is 0 Å². The van der Waals surface area contributed by atoms with Crippen LogP contribution in [0.15, 0.2) is 12.2 Å². The van der Waals surface area contributed by atoms with Crippen LogP contribution in [0.3, 0.4) is 0 Å². The lowest BCUT2D eigenvalue weighted by Gasteiger charge is -2.50. The summed E-state index contributed by atoms with van der Waals surface area (Å²) in [5.74, 6) is -6.10. The summed E-state index contributed by atoms with van der Waals surface area (Å²) in [7, 11) is 0. The minimum Gasteiger partial charge on any atom is -0.477 e. The minimum atomic E-state index is -3.08. The van der Waals surface area contributed by atoms with Crippen molar-refractivity contribution in [1.29, 1.82) is 0 Å². The lowest BCUT2D eigenvalue weighted by atomic mass is 9.88. The van der Waals surface area contributed by atoms with Crippen molar-refractivity contribution >= 4 is 17.8 Å². The van der Waals surface area contributed by atoms with Crippen molar-refractivity contribution < 1.29 is 104 Å². The molecule has 0 aromatic rings. The van der Waals surface area contributed by atoms with E-state index >= 15 is 0 Å². The minimum absolute atomic E-state index is 0.220. The average Bonchev–Trinajstić information content (AvgIpc) is 0.900. The molecule has 0 saturated carbocycles. The molecule has 0 aromatic carbocycles. The number of aliphatic hydroxyl groups is 11. The maximum absolute atomic E-state index is 13.4. The lowest BCUT2D eigenvalue weighted by molar-refractivity contribution is -0.386. The van der Waals surface area contributed by atoms with Gasteiger partial charge in [-0.3, -0.25) is 9.59 Å². The molecular weight excluding hydrogens is 1140 g/mol. The number of amides is 2. The normalized spacial score (nSPS) is 29.0. The number of carbonyl (C=O) groups excluding carboxylic acids is 2. The number of aliphatic hydroxyl groups excluding tert-OH is 11. The monoisotopic (exact) mass is 1260 g/mol. The van der Waals surface area contributed by atoms with Gasteiger partial charge in [-0.15, -0.1) is 0 Å². The maximum Gasteiger partial charge on any atom is 0.364 e. The summed E-state index contributed by atoms with van der Waals surface area (Å²) in [4.78, 5) is 38.5. The van der Waals surface area contributed by atoms with Gasteiger partial charge in [-0.2, -0.15) is 0 Å². The number of unbranched alkanes of at least 4 members (excludes halogenated alkanes) is 29. The molecule has 18 unspecified atom stereocenters. The highest BCUT2D eigenvalue weighted by atomic mass is 16.8. The molecule has 3 rings (SSSR count). The second-order valence-corrected chi connectivity index (χ2v) is 25.0. The molecule has 2 amide bonds. The molecule has 0 aromatic heterocycles. The summed E-state index contributed by atoms with van der Waals surface area (Å²) < 4.78 is 34.8. The molecule has 0 spiro atoms. The topological polar surface area (TPSA) is 373 Å². The second kappa shape index (κ2) is 46.5. The van der Waals surface area contributed by atoms with E-state index in [-0.39, 0.29) is 18.9 Å². The predicted octanol–water partition coefficient (Wildman–Crippen LogP) is 5.51. The first kappa shape index (κ1) is 79.7. The molecule has 88 heavy (non-hydrogen) atoms. The van der Waals surface area contributed by atoms with E-state index in [0.29, 0.717) is 19.3 Å². The van der Waals surface area contributed by atoms with Crippen molar-refractivity contribution in [1.82, 2.24) is 10.6 Å². The molecule has 14 N–H and O–H groups in total. The summed E-state index contributed by atoms with van der Waals surface area (Å²) in [5.41, 5.74) is 0. The summed E-state index contributed by atoms with van der Waals surface area (Å²) in [5, 5.41) is 136. The standard InChI is InChI=1S/C65H120N2O21/c1-4-6-8-10-12-14-16-18-19-20-21-22-23-24-25-26-27-29-31-33-35-37-39-52(75)67-46(47(72)38-36-34-32-30-28-17-15-13-11-9-7-5-2)44-83-62-57(79)56(78)59(51(43-70)85-62)86-63-58(80)61(55(77)50(42-69)84-63)88-65(64(81)82)40-48(73)53(66-45(3)71)60(87-65)54(76)49(74)41-68/h23-24,46-51,53-63,68-70,72-74,76-80H,4-22,25-44H2,1-3H3,(H,66,71)(H,67,75)(H,81,82)/b24-23-. The molecule has 3 aliphatic rings. The number of carboxylic acid groups (broad SMARTS) is 1. The van der Waals surface area contributed by atoms with Gasteiger partial charge < -0.3 is 100 Å². The Hall–Kier alpha value is -2.53. The van der Waals surface area contributed by atoms with E-state index in [9.17, 15) is 75.7 Å². The average molecular weight is 1270 g/mol. The van der Waals surface area contributed by atoms with Crippen molar-refractivity contribution in [2.24, 2.45) is 0 Å². The molecule has 18 atom stereocenters. The molecule has 23 nitrogen and oxygen atoms in total. The number of hydrogen-bond acceptors (Lipinski definition) is 20. The number of nitrogens with one attached hydrogen (secondary N) is 2. The van der Waals surface area contributed by atoms with Crippen LogP contribution < -0.4 is 10.6 Å². The molecule has 0 bridgehead atoms. The highest BCUT2D eigenvalue weighted by Crippen LogP contribution is 2.39. The Kier molecular flexibility index (Phi) is 42.1. The van der Waals surface area contributed by atoms with Gasteiger partial charge in [0.15, 0.2) is 12.6 Å². The fourth-order valence-corrected chi connectivity index (χ4v) is 12.0. The number of ether oxygens (including phenoxy) is 6. The number of rotatable bonds is 51. The van der Waals surface area contributed by atoms with Gasteiger partial charge in [-0.05, 0) is 38.5 Å². The van der Waals surface area contributed by atoms with Crippen molar-refractivity contribution in [2.45, 2.75) is 355 Å². The Morgan fingerprint density at radius 2 is 1.06 bits per heavy atom. The first-order valence-electron chi connectivity index (χ1n) is 34.0. The molecule has 3 saturated heterocycles. The molecule has 3 heterocycles. The van der Waals surface area contributed by atoms with Gasteiger partial charge in [-0.1, -0.05) is 199 Å². The largest absolute Gasteiger partial charge is 0.477 e. The number of aliphatic carboxylic acids is 1. The van der Waals surface area contributed by atoms with E-state index in [1.54, 1.807) is 0 Å². The summed E-state index contributed by atoms with van der Waals surface area (Å²) in [6.07, 6.45) is 13.7. The van der Waals surface area contributed by atoms with E-state index in [4.69, 9.17) is 28.4 Å². The van der Waals surface area contributed by atoms with E-state index in [1.807, 2.05) is 0 Å². The second-order valence-electron chi connectivity index (χ2n) is 25.0. The van der Waals surface area contributed by atoms with Crippen molar-refractivity contribution in [3.05, 3.63) is 12.2 Å². The highest BCUT2D eigenvalue weighted by Gasteiger charge is 2.60. The van der Waals surface area contributed by atoms with Gasteiger partial charge in [0, 0.05) is 19.8 Å². The molecular formula is C65H120N2O21. The Bertz CT molecular complexity index is 1840. The molecule has 3 aliphatic heterocycles. The van der Waals surface area contributed by atoms with Gasteiger partial charge in [0.1, 0.15) is 67.1 Å². The van der Waals surface area contributed by atoms with Crippen LogP contribution in [0.25, 0.3) is 0 Å². The number of carbonyl (C=O) groups is 3. The zero-order chi connectivity index (χ0) is 64.7. The smallest absolute Gasteiger partial charge is 0.364 e. The molecule has 0 radical (unpaired) electrons. The van der Waals surface area contributed by atoms with Crippen molar-refractivity contribution in [2.75, 3.05) is 26.4 Å². The number of carboxylic acids is 1.